The predicted octanol–water partition coefficient (Wildman–Crippen LogP) is 0.974. The maximum Gasteiger partial charge on any atom is 0.246 e. The number of sulfonamides is 1. The molecule has 1 aromatic rings. The summed E-state index contributed by atoms with van der Waals surface area (Å²) in [5, 5.41) is 0. The molecule has 0 aliphatic carbocycles. The van der Waals surface area contributed by atoms with Crippen molar-refractivity contribution in [2.24, 2.45) is 0 Å². The highest BCUT2D eigenvalue weighted by molar-refractivity contribution is 8.01. The second-order valence-corrected chi connectivity index (χ2v) is 10.7. The topological polar surface area (TPSA) is 78.0 Å². The predicted molar refractivity (Wildman–Crippen MR) is 103 cm³/mol. The Bertz CT molecular complexity index is 853. The van der Waals surface area contributed by atoms with Crippen LogP contribution < -0.4 is 0 Å². The van der Waals surface area contributed by atoms with Crippen LogP contribution in [-0.4, -0.2) is 77.2 Å². The quantitative estimate of drug-likeness (QED) is 0.744. The third-order valence-electron chi connectivity index (χ3n) is 5.66. The van der Waals surface area contributed by atoms with Crippen molar-refractivity contribution >= 4 is 33.6 Å². The molecule has 0 unspecified atom stereocenters. The Morgan fingerprint density at radius 2 is 1.81 bits per heavy atom. The van der Waals surface area contributed by atoms with Gasteiger partial charge in [-0.3, -0.25) is 9.59 Å². The first-order chi connectivity index (χ1) is 12.8. The molecule has 0 radical (unpaired) electrons. The van der Waals surface area contributed by atoms with Crippen molar-refractivity contribution in [2.75, 3.05) is 31.9 Å². The molecule has 3 saturated heterocycles. The largest absolute Gasteiger partial charge is 0.338 e. The van der Waals surface area contributed by atoms with Crippen LogP contribution in [0.2, 0.25) is 0 Å². The number of piperazine rings is 1. The summed E-state index contributed by atoms with van der Waals surface area (Å²) in [7, 11) is -3.54. The van der Waals surface area contributed by atoms with Gasteiger partial charge in [0.25, 0.3) is 0 Å². The number of carbonyl (C=O) groups excluding carboxylic acids is 2. The van der Waals surface area contributed by atoms with Crippen LogP contribution in [0.1, 0.15) is 19.8 Å². The summed E-state index contributed by atoms with van der Waals surface area (Å²) in [6.07, 6.45) is 1.28. The van der Waals surface area contributed by atoms with E-state index < -0.39 is 16.1 Å². The summed E-state index contributed by atoms with van der Waals surface area (Å²) >= 11 is 1.67. The van der Waals surface area contributed by atoms with Crippen molar-refractivity contribution in [1.82, 2.24) is 14.1 Å². The van der Waals surface area contributed by atoms with Crippen LogP contribution in [0.3, 0.4) is 0 Å². The SMILES string of the molecule is C[C@]12CCC(=O)N1[C@@H](C(=O)N1CCN(S(=O)(=O)c3ccccc3)CC1)CS2. The summed E-state index contributed by atoms with van der Waals surface area (Å²) in [5.41, 5.74) is 0. The highest BCUT2D eigenvalue weighted by atomic mass is 32.2. The summed E-state index contributed by atoms with van der Waals surface area (Å²) in [6.45, 7) is 3.28. The van der Waals surface area contributed by atoms with Crippen LogP contribution in [0.5, 0.6) is 0 Å². The van der Waals surface area contributed by atoms with E-state index in [1.165, 1.54) is 4.31 Å². The Morgan fingerprint density at radius 3 is 2.48 bits per heavy atom. The molecule has 2 amide bonds. The zero-order valence-corrected chi connectivity index (χ0v) is 16.8. The maximum atomic E-state index is 13.0. The number of amides is 2. The molecule has 0 spiro atoms. The van der Waals surface area contributed by atoms with Crippen LogP contribution in [0.25, 0.3) is 0 Å². The molecule has 2 atom stereocenters. The van der Waals surface area contributed by atoms with Crippen LogP contribution in [0, 0.1) is 0 Å². The first kappa shape index (κ1) is 18.8. The van der Waals surface area contributed by atoms with E-state index in [1.807, 2.05) is 6.92 Å². The van der Waals surface area contributed by atoms with Crippen LogP contribution in [0.4, 0.5) is 0 Å². The minimum Gasteiger partial charge on any atom is -0.338 e. The zero-order chi connectivity index (χ0) is 19.2. The van der Waals surface area contributed by atoms with Gasteiger partial charge in [-0.2, -0.15) is 4.31 Å². The lowest BCUT2D eigenvalue weighted by Gasteiger charge is -2.37. The summed E-state index contributed by atoms with van der Waals surface area (Å²) in [5.74, 6) is 0.605. The van der Waals surface area contributed by atoms with Crippen molar-refractivity contribution in [2.45, 2.75) is 35.6 Å². The van der Waals surface area contributed by atoms with E-state index in [0.29, 0.717) is 25.3 Å². The Morgan fingerprint density at radius 1 is 1.15 bits per heavy atom. The van der Waals surface area contributed by atoms with Crippen LogP contribution >= 0.6 is 11.8 Å². The van der Waals surface area contributed by atoms with Gasteiger partial charge in [0.05, 0.1) is 9.77 Å². The highest BCUT2D eigenvalue weighted by Crippen LogP contribution is 2.47. The molecule has 1 aromatic carbocycles. The lowest BCUT2D eigenvalue weighted by Crippen LogP contribution is -2.56. The summed E-state index contributed by atoms with van der Waals surface area (Å²) < 4.78 is 26.9. The molecule has 0 bridgehead atoms. The van der Waals surface area contributed by atoms with E-state index in [-0.39, 0.29) is 34.7 Å². The Kier molecular flexibility index (Phi) is 4.72. The highest BCUT2D eigenvalue weighted by Gasteiger charge is 2.53. The molecule has 4 rings (SSSR count). The monoisotopic (exact) mass is 409 g/mol. The number of carbonyl (C=O) groups is 2. The van der Waals surface area contributed by atoms with Gasteiger partial charge in [0.2, 0.25) is 21.8 Å². The van der Waals surface area contributed by atoms with Gasteiger partial charge in [0.1, 0.15) is 6.04 Å². The maximum absolute atomic E-state index is 13.0. The van der Waals surface area contributed by atoms with E-state index in [9.17, 15) is 18.0 Å². The molecular weight excluding hydrogens is 386 g/mol. The lowest BCUT2D eigenvalue weighted by atomic mass is 10.2. The average Bonchev–Trinajstić information content (AvgIpc) is 3.18. The number of thioether (sulfide) groups is 1. The van der Waals surface area contributed by atoms with E-state index in [1.54, 1.807) is 51.9 Å². The zero-order valence-electron chi connectivity index (χ0n) is 15.2. The third-order valence-corrected chi connectivity index (χ3v) is 9.08. The number of hydrogen-bond acceptors (Lipinski definition) is 5. The number of rotatable bonds is 3. The molecule has 3 aliphatic heterocycles. The number of benzene rings is 1. The van der Waals surface area contributed by atoms with E-state index in [4.69, 9.17) is 0 Å². The van der Waals surface area contributed by atoms with Gasteiger partial charge in [0.15, 0.2) is 0 Å². The first-order valence-corrected chi connectivity index (χ1v) is 11.6. The lowest BCUT2D eigenvalue weighted by molar-refractivity contribution is -0.144. The van der Waals surface area contributed by atoms with Gasteiger partial charge in [-0.25, -0.2) is 8.42 Å². The minimum atomic E-state index is -3.54. The summed E-state index contributed by atoms with van der Waals surface area (Å²) in [6, 6.07) is 7.93. The van der Waals surface area contributed by atoms with Crippen molar-refractivity contribution in [3.8, 4) is 0 Å². The number of hydrogen-bond donors (Lipinski definition) is 0. The molecule has 0 N–H and O–H groups in total. The fourth-order valence-corrected chi connectivity index (χ4v) is 6.97. The van der Waals surface area contributed by atoms with Gasteiger partial charge in [0, 0.05) is 38.4 Å². The fraction of sp³-hybridized carbons (Fsp3) is 0.556. The van der Waals surface area contributed by atoms with Gasteiger partial charge in [-0.1, -0.05) is 18.2 Å². The number of nitrogens with zero attached hydrogens (tertiary/aromatic N) is 3. The molecule has 9 heteroatoms. The van der Waals surface area contributed by atoms with E-state index >= 15 is 0 Å². The van der Waals surface area contributed by atoms with Crippen molar-refractivity contribution in [1.29, 1.82) is 0 Å². The average molecular weight is 410 g/mol. The molecular formula is C18H23N3O4S2. The van der Waals surface area contributed by atoms with Gasteiger partial charge in [-0.15, -0.1) is 11.8 Å². The van der Waals surface area contributed by atoms with Gasteiger partial charge < -0.3 is 9.80 Å². The molecule has 27 heavy (non-hydrogen) atoms. The molecule has 3 heterocycles. The second kappa shape index (κ2) is 6.79. The Balaban J connectivity index is 1.43. The minimum absolute atomic E-state index is 0.0474. The fourth-order valence-electron chi connectivity index (χ4n) is 4.10. The van der Waals surface area contributed by atoms with Crippen LogP contribution in [0.15, 0.2) is 35.2 Å². The van der Waals surface area contributed by atoms with Gasteiger partial charge >= 0.3 is 0 Å². The second-order valence-electron chi connectivity index (χ2n) is 7.31. The molecule has 0 saturated carbocycles. The first-order valence-electron chi connectivity index (χ1n) is 9.13. The van der Waals surface area contributed by atoms with Gasteiger partial charge in [-0.05, 0) is 25.5 Å². The van der Waals surface area contributed by atoms with Crippen molar-refractivity contribution in [3.05, 3.63) is 30.3 Å². The Labute approximate surface area is 163 Å². The Hall–Kier alpha value is -1.58. The third kappa shape index (κ3) is 3.15. The molecule has 146 valence electrons. The smallest absolute Gasteiger partial charge is 0.246 e. The molecule has 3 aliphatic rings. The van der Waals surface area contributed by atoms with Crippen LogP contribution in [-0.2, 0) is 19.6 Å². The molecule has 7 nitrogen and oxygen atoms in total. The van der Waals surface area contributed by atoms with Crippen molar-refractivity contribution in [3.63, 3.8) is 0 Å². The van der Waals surface area contributed by atoms with E-state index in [0.717, 1.165) is 6.42 Å². The summed E-state index contributed by atoms with van der Waals surface area (Å²) in [4.78, 5) is 28.7. The normalized spacial score (nSPS) is 29.2. The number of fused-ring (bicyclic) bond motifs is 1. The standard InChI is InChI=1S/C18H23N3O4S2/c1-18-8-7-16(22)21(18)15(13-26-18)17(23)19-9-11-20(12-10-19)27(24,25)14-5-3-2-4-6-14/h2-6,15H,7-13H2,1H3/t15-,18+/m1/s1. The van der Waals surface area contributed by atoms with Crippen molar-refractivity contribution < 1.29 is 18.0 Å². The molecule has 3 fully saturated rings. The molecule has 0 aromatic heterocycles. The van der Waals surface area contributed by atoms with E-state index in [2.05, 4.69) is 0 Å².